The van der Waals surface area contributed by atoms with Gasteiger partial charge in [-0.1, -0.05) is 30.3 Å². The molecular formula is C18H14N2O5S. The van der Waals surface area contributed by atoms with Crippen molar-refractivity contribution in [2.45, 2.75) is 11.8 Å². The molecule has 0 fully saturated rings. The number of aldehydes is 1. The lowest BCUT2D eigenvalue weighted by atomic mass is 10.0. The van der Waals surface area contributed by atoms with E-state index in [2.05, 4.69) is 10.2 Å². The van der Waals surface area contributed by atoms with Crippen molar-refractivity contribution in [3.63, 3.8) is 0 Å². The van der Waals surface area contributed by atoms with E-state index in [0.717, 1.165) is 0 Å². The first-order valence-corrected chi connectivity index (χ1v) is 8.95. The fraction of sp³-hybridized carbons (Fsp3) is 0.0556. The molecule has 0 aliphatic heterocycles. The van der Waals surface area contributed by atoms with Crippen LogP contribution in [0.25, 0.3) is 10.8 Å². The first-order chi connectivity index (χ1) is 12.3. The molecule has 0 heterocycles. The van der Waals surface area contributed by atoms with E-state index in [0.29, 0.717) is 22.6 Å². The van der Waals surface area contributed by atoms with Crippen LogP contribution in [0.1, 0.15) is 15.9 Å². The molecule has 3 aromatic carbocycles. The van der Waals surface area contributed by atoms with E-state index in [4.69, 9.17) is 0 Å². The van der Waals surface area contributed by atoms with Gasteiger partial charge in [0.15, 0.2) is 12.0 Å². The lowest BCUT2D eigenvalue weighted by Gasteiger charge is -2.07. The first-order valence-electron chi connectivity index (χ1n) is 7.51. The van der Waals surface area contributed by atoms with Crippen LogP contribution in [0, 0.1) is 6.92 Å². The Morgan fingerprint density at radius 2 is 1.77 bits per heavy atom. The second-order valence-electron chi connectivity index (χ2n) is 5.65. The molecule has 2 N–H and O–H groups in total. The Morgan fingerprint density at radius 3 is 2.46 bits per heavy atom. The zero-order chi connectivity index (χ0) is 18.9. The molecule has 0 atom stereocenters. The third-order valence-electron chi connectivity index (χ3n) is 3.80. The fourth-order valence-corrected chi connectivity index (χ4v) is 3.25. The molecule has 0 aliphatic carbocycles. The van der Waals surface area contributed by atoms with E-state index in [1.54, 1.807) is 37.3 Å². The van der Waals surface area contributed by atoms with Gasteiger partial charge in [-0.15, -0.1) is 10.2 Å². The zero-order valence-electron chi connectivity index (χ0n) is 13.6. The SMILES string of the molecule is Cc1ccc(N=Nc2c(O)c(C=O)cc3ccccc23)c(S(=O)(=O)O)c1. The predicted octanol–water partition coefficient (Wildman–Crippen LogP) is 4.33. The monoisotopic (exact) mass is 370 g/mol. The molecule has 3 aromatic rings. The molecule has 0 saturated heterocycles. The lowest BCUT2D eigenvalue weighted by molar-refractivity contribution is 0.112. The largest absolute Gasteiger partial charge is 0.505 e. The highest BCUT2D eigenvalue weighted by atomic mass is 32.2. The Morgan fingerprint density at radius 1 is 1.04 bits per heavy atom. The average molecular weight is 370 g/mol. The van der Waals surface area contributed by atoms with E-state index in [9.17, 15) is 22.9 Å². The second-order valence-corrected chi connectivity index (χ2v) is 7.04. The van der Waals surface area contributed by atoms with Gasteiger partial charge in [0.25, 0.3) is 10.1 Å². The summed E-state index contributed by atoms with van der Waals surface area (Å²) < 4.78 is 32.5. The number of carbonyl (C=O) groups excluding carboxylic acids is 1. The topological polar surface area (TPSA) is 116 Å². The van der Waals surface area contributed by atoms with Crippen molar-refractivity contribution in [3.05, 3.63) is 59.7 Å². The summed E-state index contributed by atoms with van der Waals surface area (Å²) >= 11 is 0. The van der Waals surface area contributed by atoms with E-state index < -0.39 is 15.0 Å². The molecular weight excluding hydrogens is 356 g/mol. The van der Waals surface area contributed by atoms with E-state index in [1.807, 2.05) is 0 Å². The Hall–Kier alpha value is -3.10. The number of nitrogens with zero attached hydrogens (tertiary/aromatic N) is 2. The number of aryl methyl sites for hydroxylation is 1. The summed E-state index contributed by atoms with van der Waals surface area (Å²) in [7, 11) is -4.50. The van der Waals surface area contributed by atoms with Crippen molar-refractivity contribution in [1.82, 2.24) is 0 Å². The Kier molecular flexibility index (Phi) is 4.54. The normalized spacial score (nSPS) is 11.9. The summed E-state index contributed by atoms with van der Waals surface area (Å²) in [6, 6.07) is 12.7. The fourth-order valence-electron chi connectivity index (χ4n) is 2.54. The van der Waals surface area contributed by atoms with Crippen LogP contribution in [0.15, 0.2) is 63.7 Å². The van der Waals surface area contributed by atoms with Gasteiger partial charge in [-0.25, -0.2) is 0 Å². The Bertz CT molecular complexity index is 1150. The molecule has 26 heavy (non-hydrogen) atoms. The molecule has 0 aliphatic rings. The zero-order valence-corrected chi connectivity index (χ0v) is 14.4. The molecule has 3 rings (SSSR count). The van der Waals surface area contributed by atoms with Gasteiger partial charge < -0.3 is 5.11 Å². The quantitative estimate of drug-likeness (QED) is 0.403. The minimum Gasteiger partial charge on any atom is -0.505 e. The van der Waals surface area contributed by atoms with Gasteiger partial charge >= 0.3 is 0 Å². The van der Waals surface area contributed by atoms with Crippen LogP contribution in [-0.4, -0.2) is 24.4 Å². The minimum atomic E-state index is -4.50. The third kappa shape index (κ3) is 3.32. The van der Waals surface area contributed by atoms with Crippen molar-refractivity contribution in [1.29, 1.82) is 0 Å². The summed E-state index contributed by atoms with van der Waals surface area (Å²) in [6.07, 6.45) is 0.496. The standard InChI is InChI=1S/C18H14N2O5S/c1-11-6-7-15(16(8-11)26(23,24)25)19-20-17-14-5-3-2-4-12(14)9-13(10-21)18(17)22/h2-10,22H,1H3,(H,23,24,25). The van der Waals surface area contributed by atoms with Crippen LogP contribution in [-0.2, 0) is 10.1 Å². The molecule has 0 bridgehead atoms. The third-order valence-corrected chi connectivity index (χ3v) is 4.69. The predicted molar refractivity (Wildman–Crippen MR) is 96.2 cm³/mol. The van der Waals surface area contributed by atoms with Crippen LogP contribution in [0.3, 0.4) is 0 Å². The van der Waals surface area contributed by atoms with Crippen molar-refractivity contribution >= 4 is 38.6 Å². The number of hydrogen-bond donors (Lipinski definition) is 2. The maximum atomic E-state index is 11.6. The molecule has 0 amide bonds. The molecule has 0 radical (unpaired) electrons. The molecule has 0 saturated carbocycles. The highest BCUT2D eigenvalue weighted by Gasteiger charge is 2.17. The smallest absolute Gasteiger partial charge is 0.296 e. The maximum absolute atomic E-state index is 11.6. The first kappa shape index (κ1) is 17.7. The van der Waals surface area contributed by atoms with E-state index >= 15 is 0 Å². The summed E-state index contributed by atoms with van der Waals surface area (Å²) in [5.41, 5.74) is 0.606. The van der Waals surface area contributed by atoms with Gasteiger partial charge in [0.05, 0.1) is 5.56 Å². The van der Waals surface area contributed by atoms with Gasteiger partial charge in [0.1, 0.15) is 16.3 Å². The Balaban J connectivity index is 2.22. The van der Waals surface area contributed by atoms with E-state index in [-0.39, 0.29) is 22.7 Å². The molecule has 8 heteroatoms. The van der Waals surface area contributed by atoms with Crippen LogP contribution in [0.4, 0.5) is 11.4 Å². The van der Waals surface area contributed by atoms with Crippen molar-refractivity contribution in [2.75, 3.05) is 0 Å². The van der Waals surface area contributed by atoms with Crippen LogP contribution < -0.4 is 0 Å². The van der Waals surface area contributed by atoms with Crippen LogP contribution >= 0.6 is 0 Å². The minimum absolute atomic E-state index is 0.0343. The summed E-state index contributed by atoms with van der Waals surface area (Å²) in [4.78, 5) is 10.8. The van der Waals surface area contributed by atoms with Gasteiger partial charge in [-0.3, -0.25) is 9.35 Å². The van der Waals surface area contributed by atoms with Crippen LogP contribution in [0.5, 0.6) is 5.75 Å². The molecule has 132 valence electrons. The van der Waals surface area contributed by atoms with Crippen molar-refractivity contribution < 1.29 is 22.9 Å². The highest BCUT2D eigenvalue weighted by Crippen LogP contribution is 2.39. The highest BCUT2D eigenvalue weighted by molar-refractivity contribution is 7.86. The number of aromatic hydroxyl groups is 1. The number of fused-ring (bicyclic) bond motifs is 1. The molecule has 0 aromatic heterocycles. The van der Waals surface area contributed by atoms with Crippen LogP contribution in [0.2, 0.25) is 0 Å². The Labute approximate surface area is 149 Å². The second kappa shape index (κ2) is 6.66. The molecule has 0 unspecified atom stereocenters. The number of azo groups is 1. The average Bonchev–Trinajstić information content (AvgIpc) is 2.60. The number of benzene rings is 3. The number of carbonyl (C=O) groups is 1. The van der Waals surface area contributed by atoms with Crippen molar-refractivity contribution in [2.24, 2.45) is 10.2 Å². The maximum Gasteiger partial charge on any atom is 0.296 e. The summed E-state index contributed by atoms with van der Waals surface area (Å²) in [6.45, 7) is 1.67. The molecule has 0 spiro atoms. The van der Waals surface area contributed by atoms with Crippen molar-refractivity contribution in [3.8, 4) is 5.75 Å². The summed E-state index contributed by atoms with van der Waals surface area (Å²) in [5, 5.41) is 19.3. The number of phenolic OH excluding ortho intramolecular Hbond substituents is 1. The number of phenols is 1. The van der Waals surface area contributed by atoms with Gasteiger partial charge in [0, 0.05) is 5.39 Å². The summed E-state index contributed by atoms with van der Waals surface area (Å²) in [5.74, 6) is -0.358. The number of hydrogen-bond acceptors (Lipinski definition) is 6. The van der Waals surface area contributed by atoms with E-state index in [1.165, 1.54) is 18.2 Å². The van der Waals surface area contributed by atoms with Gasteiger partial charge in [0.2, 0.25) is 0 Å². The molecule has 7 nitrogen and oxygen atoms in total. The van der Waals surface area contributed by atoms with Gasteiger partial charge in [-0.05, 0) is 36.1 Å². The lowest BCUT2D eigenvalue weighted by Crippen LogP contribution is -1.98. The number of rotatable bonds is 4. The van der Waals surface area contributed by atoms with Gasteiger partial charge in [-0.2, -0.15) is 8.42 Å².